The Balaban J connectivity index is 0.00000320. The molecular formula is C20H28FIN6O2. The molecule has 1 fully saturated rings. The largest absolute Gasteiger partial charge is 0.489 e. The van der Waals surface area contributed by atoms with Gasteiger partial charge in [-0.15, -0.1) is 24.0 Å². The number of ether oxygens (including phenoxy) is 1. The number of rotatable bonds is 6. The molecule has 1 atom stereocenters. The van der Waals surface area contributed by atoms with Crippen LogP contribution in [0.5, 0.6) is 5.75 Å². The second-order valence-electron chi connectivity index (χ2n) is 6.92. The first-order valence-electron chi connectivity index (χ1n) is 9.70. The summed E-state index contributed by atoms with van der Waals surface area (Å²) in [6.45, 7) is 6.48. The quantitative estimate of drug-likeness (QED) is 0.353. The van der Waals surface area contributed by atoms with Gasteiger partial charge in [0.25, 0.3) is 0 Å². The molecule has 1 aromatic carbocycles. The average molecular weight is 530 g/mol. The van der Waals surface area contributed by atoms with Crippen molar-refractivity contribution >= 4 is 41.5 Å². The van der Waals surface area contributed by atoms with Crippen molar-refractivity contribution in [2.75, 3.05) is 37.6 Å². The number of piperazine rings is 1. The van der Waals surface area contributed by atoms with Crippen molar-refractivity contribution in [1.29, 1.82) is 0 Å². The van der Waals surface area contributed by atoms with Gasteiger partial charge in [0.15, 0.2) is 5.96 Å². The highest BCUT2D eigenvalue weighted by atomic mass is 127. The van der Waals surface area contributed by atoms with Crippen LogP contribution in [0.4, 0.5) is 10.1 Å². The predicted molar refractivity (Wildman–Crippen MR) is 125 cm³/mol. The number of halogens is 2. The van der Waals surface area contributed by atoms with Crippen LogP contribution in [0.15, 0.2) is 41.7 Å². The van der Waals surface area contributed by atoms with Gasteiger partial charge in [0.1, 0.15) is 24.2 Å². The maximum atomic E-state index is 13.0. The third-order valence-electron chi connectivity index (χ3n) is 4.51. The van der Waals surface area contributed by atoms with Gasteiger partial charge >= 0.3 is 0 Å². The number of guanidine groups is 1. The van der Waals surface area contributed by atoms with E-state index in [9.17, 15) is 9.18 Å². The van der Waals surface area contributed by atoms with Crippen molar-refractivity contribution in [2.45, 2.75) is 20.0 Å². The van der Waals surface area contributed by atoms with Gasteiger partial charge in [0.05, 0.1) is 18.4 Å². The van der Waals surface area contributed by atoms with Crippen molar-refractivity contribution in [3.8, 4) is 5.75 Å². The molecule has 0 radical (unpaired) electrons. The summed E-state index contributed by atoms with van der Waals surface area (Å²) < 4.78 is 20.5. The molecule has 8 nitrogen and oxygen atoms in total. The SMILES string of the molecule is CCNC(=NCC(C)Oc1ccc(F)cc1)N1CCN(c2cnn(C)c2)C(=O)C1.I. The number of aromatic nitrogens is 2. The van der Waals surface area contributed by atoms with E-state index in [-0.39, 0.29) is 48.3 Å². The normalized spacial score (nSPS) is 15.6. The Labute approximate surface area is 193 Å². The summed E-state index contributed by atoms with van der Waals surface area (Å²) in [5.41, 5.74) is 0.806. The monoisotopic (exact) mass is 530 g/mol. The lowest BCUT2D eigenvalue weighted by molar-refractivity contribution is -0.120. The number of anilines is 1. The van der Waals surface area contributed by atoms with Gasteiger partial charge in [-0.05, 0) is 38.1 Å². The Morgan fingerprint density at radius 1 is 1.33 bits per heavy atom. The minimum atomic E-state index is -0.299. The van der Waals surface area contributed by atoms with E-state index in [1.54, 1.807) is 27.9 Å². The fourth-order valence-electron chi connectivity index (χ4n) is 3.10. The minimum Gasteiger partial charge on any atom is -0.489 e. The van der Waals surface area contributed by atoms with Crippen LogP contribution < -0.4 is 15.0 Å². The molecule has 0 bridgehead atoms. The van der Waals surface area contributed by atoms with Crippen LogP contribution in [0.2, 0.25) is 0 Å². The molecular weight excluding hydrogens is 502 g/mol. The lowest BCUT2D eigenvalue weighted by Gasteiger charge is -2.35. The second-order valence-corrected chi connectivity index (χ2v) is 6.92. The van der Waals surface area contributed by atoms with E-state index in [0.717, 1.165) is 5.69 Å². The number of carbonyl (C=O) groups is 1. The molecule has 1 saturated heterocycles. The molecule has 2 heterocycles. The molecule has 10 heteroatoms. The smallest absolute Gasteiger partial charge is 0.246 e. The molecule has 3 rings (SSSR count). The number of nitrogens with one attached hydrogen (secondary N) is 1. The van der Waals surface area contributed by atoms with Crippen molar-refractivity contribution in [3.63, 3.8) is 0 Å². The van der Waals surface area contributed by atoms with E-state index >= 15 is 0 Å². The molecule has 2 aromatic rings. The Hall–Kier alpha value is -2.37. The second kappa shape index (κ2) is 11.1. The predicted octanol–water partition coefficient (Wildman–Crippen LogP) is 2.26. The number of aliphatic imine (C=N–C) groups is 1. The van der Waals surface area contributed by atoms with Crippen molar-refractivity contribution < 1.29 is 13.9 Å². The van der Waals surface area contributed by atoms with E-state index in [1.807, 2.05) is 32.0 Å². The summed E-state index contributed by atoms with van der Waals surface area (Å²) in [5, 5.41) is 7.38. The topological polar surface area (TPSA) is 75.0 Å². The number of carbonyl (C=O) groups excluding carboxylic acids is 1. The van der Waals surface area contributed by atoms with E-state index in [1.165, 1.54) is 12.1 Å². The molecule has 30 heavy (non-hydrogen) atoms. The number of hydrogen-bond donors (Lipinski definition) is 1. The maximum Gasteiger partial charge on any atom is 0.246 e. The molecule has 1 aliphatic heterocycles. The number of amides is 1. The highest BCUT2D eigenvalue weighted by molar-refractivity contribution is 14.0. The van der Waals surface area contributed by atoms with Gasteiger partial charge in [0, 0.05) is 32.9 Å². The first kappa shape index (κ1) is 23.9. The zero-order chi connectivity index (χ0) is 20.8. The van der Waals surface area contributed by atoms with Gasteiger partial charge in [-0.1, -0.05) is 0 Å². The van der Waals surface area contributed by atoms with Crippen LogP contribution >= 0.6 is 24.0 Å². The van der Waals surface area contributed by atoms with Crippen LogP contribution in [0.1, 0.15) is 13.8 Å². The first-order chi connectivity index (χ1) is 14.0. The zero-order valence-corrected chi connectivity index (χ0v) is 19.7. The first-order valence-corrected chi connectivity index (χ1v) is 9.70. The van der Waals surface area contributed by atoms with Crippen LogP contribution in [0, 0.1) is 5.82 Å². The summed E-state index contributed by atoms with van der Waals surface area (Å²) in [6, 6.07) is 5.92. The number of nitrogens with zero attached hydrogens (tertiary/aromatic N) is 5. The number of hydrogen-bond acceptors (Lipinski definition) is 4. The standard InChI is InChI=1S/C20H27FN6O2.HI/c1-4-22-20(23-11-15(2)29-18-7-5-16(21)6-8-18)26-9-10-27(19(28)14-26)17-12-24-25(3)13-17;/h5-8,12-13,15H,4,9-11,14H2,1-3H3,(H,22,23);1H. The fraction of sp³-hybridized carbons (Fsp3) is 0.450. The maximum absolute atomic E-state index is 13.0. The van der Waals surface area contributed by atoms with E-state index in [2.05, 4.69) is 15.4 Å². The molecule has 1 unspecified atom stereocenters. The highest BCUT2D eigenvalue weighted by Crippen LogP contribution is 2.16. The summed E-state index contributed by atoms with van der Waals surface area (Å²) in [6.07, 6.45) is 3.34. The van der Waals surface area contributed by atoms with Crippen molar-refractivity contribution in [3.05, 3.63) is 42.5 Å². The lowest BCUT2D eigenvalue weighted by Crippen LogP contribution is -2.55. The average Bonchev–Trinajstić information content (AvgIpc) is 3.13. The molecule has 1 amide bonds. The Morgan fingerprint density at radius 3 is 2.67 bits per heavy atom. The Kier molecular flexibility index (Phi) is 8.88. The summed E-state index contributed by atoms with van der Waals surface area (Å²) in [5.74, 6) is 0.985. The van der Waals surface area contributed by atoms with Crippen molar-refractivity contribution in [1.82, 2.24) is 20.0 Å². The van der Waals surface area contributed by atoms with Gasteiger partial charge in [-0.3, -0.25) is 9.48 Å². The lowest BCUT2D eigenvalue weighted by atomic mass is 10.3. The third kappa shape index (κ3) is 6.31. The van der Waals surface area contributed by atoms with Gasteiger partial charge in [-0.25, -0.2) is 9.38 Å². The molecule has 0 aliphatic carbocycles. The summed E-state index contributed by atoms with van der Waals surface area (Å²) in [4.78, 5) is 21.0. The van der Waals surface area contributed by atoms with Gasteiger partial charge in [0.2, 0.25) is 5.91 Å². The molecule has 1 N–H and O–H groups in total. The Morgan fingerprint density at radius 2 is 2.07 bits per heavy atom. The van der Waals surface area contributed by atoms with E-state index in [4.69, 9.17) is 4.74 Å². The van der Waals surface area contributed by atoms with Crippen LogP contribution in [0.3, 0.4) is 0 Å². The van der Waals surface area contributed by atoms with Gasteiger partial charge < -0.3 is 19.9 Å². The van der Waals surface area contributed by atoms with Crippen LogP contribution in [-0.4, -0.2) is 65.4 Å². The molecule has 1 aliphatic rings. The summed E-state index contributed by atoms with van der Waals surface area (Å²) >= 11 is 0. The zero-order valence-electron chi connectivity index (χ0n) is 17.4. The minimum absolute atomic E-state index is 0. The third-order valence-corrected chi connectivity index (χ3v) is 4.51. The van der Waals surface area contributed by atoms with E-state index in [0.29, 0.717) is 37.9 Å². The molecule has 0 spiro atoms. The Bertz CT molecular complexity index is 857. The molecule has 1 aromatic heterocycles. The molecule has 0 saturated carbocycles. The van der Waals surface area contributed by atoms with Crippen molar-refractivity contribution in [2.24, 2.45) is 12.0 Å². The van der Waals surface area contributed by atoms with Crippen LogP contribution in [-0.2, 0) is 11.8 Å². The van der Waals surface area contributed by atoms with Crippen LogP contribution in [0.25, 0.3) is 0 Å². The molecule has 164 valence electrons. The van der Waals surface area contributed by atoms with Gasteiger partial charge in [-0.2, -0.15) is 5.10 Å². The summed E-state index contributed by atoms with van der Waals surface area (Å²) in [7, 11) is 1.83. The highest BCUT2D eigenvalue weighted by Gasteiger charge is 2.27. The fourth-order valence-corrected chi connectivity index (χ4v) is 3.10. The van der Waals surface area contributed by atoms with E-state index < -0.39 is 0 Å². The number of benzene rings is 1. The number of aryl methyl sites for hydroxylation is 1.